The van der Waals surface area contributed by atoms with E-state index in [1.165, 1.54) is 25.7 Å². The average molecular weight is 256 g/mol. The number of β-amino-alcohol motifs (C(OH)–C–C–N with tert-alkyl or cyclic N) is 1. The van der Waals surface area contributed by atoms with E-state index in [0.717, 1.165) is 12.5 Å². The Morgan fingerprint density at radius 1 is 1.28 bits per heavy atom. The van der Waals surface area contributed by atoms with Crippen molar-refractivity contribution < 1.29 is 5.11 Å². The number of hydrogen-bond acceptors (Lipinski definition) is 3. The molecule has 0 aromatic carbocycles. The predicted octanol–water partition coefficient (Wildman–Crippen LogP) is 2.25. The van der Waals surface area contributed by atoms with Crippen LogP contribution in [-0.2, 0) is 0 Å². The lowest BCUT2D eigenvalue weighted by atomic mass is 9.85. The Morgan fingerprint density at radius 2 is 1.89 bits per heavy atom. The molecule has 108 valence electrons. The van der Waals surface area contributed by atoms with Crippen molar-refractivity contribution in [1.29, 1.82) is 0 Å². The summed E-state index contributed by atoms with van der Waals surface area (Å²) in [5.74, 6) is 0.770. The molecule has 0 bridgehead atoms. The molecule has 0 radical (unpaired) electrons. The number of hydrogen-bond donors (Lipinski definition) is 2. The number of aliphatic hydroxyl groups is 1. The number of nitrogens with one attached hydrogen (secondary N) is 1. The van der Waals surface area contributed by atoms with Gasteiger partial charge in [-0.2, -0.15) is 0 Å². The van der Waals surface area contributed by atoms with Gasteiger partial charge in [0.1, 0.15) is 0 Å². The zero-order valence-electron chi connectivity index (χ0n) is 12.9. The number of rotatable bonds is 5. The van der Waals surface area contributed by atoms with Crippen LogP contribution in [0.15, 0.2) is 0 Å². The van der Waals surface area contributed by atoms with Crippen molar-refractivity contribution in [3.05, 3.63) is 0 Å². The molecule has 2 N–H and O–H groups in total. The number of aliphatic hydroxyl groups excluding tert-OH is 1. The third-order valence-electron chi connectivity index (χ3n) is 4.00. The third-order valence-corrected chi connectivity index (χ3v) is 4.00. The smallest absolute Gasteiger partial charge is 0.0791 e. The average Bonchev–Trinajstić information content (AvgIpc) is 2.26. The largest absolute Gasteiger partial charge is 0.390 e. The van der Waals surface area contributed by atoms with Gasteiger partial charge in [0.15, 0.2) is 0 Å². The van der Waals surface area contributed by atoms with Crippen LogP contribution < -0.4 is 5.32 Å². The highest BCUT2D eigenvalue weighted by Crippen LogP contribution is 2.27. The Morgan fingerprint density at radius 3 is 2.44 bits per heavy atom. The van der Waals surface area contributed by atoms with Gasteiger partial charge < -0.3 is 15.3 Å². The molecule has 18 heavy (non-hydrogen) atoms. The van der Waals surface area contributed by atoms with Crippen LogP contribution in [0.5, 0.6) is 0 Å². The summed E-state index contributed by atoms with van der Waals surface area (Å²) in [6, 6.07) is 0.656. The van der Waals surface area contributed by atoms with Gasteiger partial charge >= 0.3 is 0 Å². The molecule has 0 spiro atoms. The highest BCUT2D eigenvalue weighted by Gasteiger charge is 2.26. The van der Waals surface area contributed by atoms with Crippen LogP contribution >= 0.6 is 0 Å². The van der Waals surface area contributed by atoms with E-state index in [0.29, 0.717) is 12.6 Å². The first kappa shape index (κ1) is 15.9. The molecular formula is C15H32N2O. The fourth-order valence-electron chi connectivity index (χ4n) is 2.91. The summed E-state index contributed by atoms with van der Waals surface area (Å²) in [6.07, 6.45) is 5.07. The van der Waals surface area contributed by atoms with E-state index in [9.17, 15) is 5.11 Å². The molecule has 0 aromatic rings. The summed E-state index contributed by atoms with van der Waals surface area (Å²) in [5, 5.41) is 13.5. The van der Waals surface area contributed by atoms with Crippen LogP contribution in [0.3, 0.4) is 0 Å². The minimum Gasteiger partial charge on any atom is -0.390 e. The molecule has 3 heteroatoms. The van der Waals surface area contributed by atoms with Crippen LogP contribution in [0.4, 0.5) is 0 Å². The fraction of sp³-hybridized carbons (Fsp3) is 1.00. The Kier molecular flexibility index (Phi) is 6.09. The van der Waals surface area contributed by atoms with E-state index < -0.39 is 0 Å². The maximum atomic E-state index is 10.1. The van der Waals surface area contributed by atoms with Crippen LogP contribution in [0.1, 0.15) is 53.4 Å². The van der Waals surface area contributed by atoms with Crippen LogP contribution in [0, 0.1) is 5.92 Å². The van der Waals surface area contributed by atoms with Gasteiger partial charge in [-0.25, -0.2) is 0 Å². The molecule has 1 aliphatic rings. The Bertz CT molecular complexity index is 237. The first-order valence-corrected chi connectivity index (χ1v) is 7.43. The van der Waals surface area contributed by atoms with Crippen LogP contribution in [0.25, 0.3) is 0 Å². The summed E-state index contributed by atoms with van der Waals surface area (Å²) in [4.78, 5) is 2.36. The van der Waals surface area contributed by atoms with Gasteiger partial charge in [-0.05, 0) is 46.6 Å². The molecule has 0 heterocycles. The zero-order valence-corrected chi connectivity index (χ0v) is 12.9. The minimum atomic E-state index is -0.275. The van der Waals surface area contributed by atoms with Crippen molar-refractivity contribution in [1.82, 2.24) is 10.2 Å². The van der Waals surface area contributed by atoms with Crippen LogP contribution in [0.2, 0.25) is 0 Å². The summed E-state index contributed by atoms with van der Waals surface area (Å²) < 4.78 is 0. The highest BCUT2D eigenvalue weighted by atomic mass is 16.3. The summed E-state index contributed by atoms with van der Waals surface area (Å²) in [7, 11) is 2.16. The molecule has 0 aliphatic heterocycles. The van der Waals surface area contributed by atoms with Gasteiger partial charge in [0.25, 0.3) is 0 Å². The number of nitrogens with zero attached hydrogens (tertiary/aromatic N) is 1. The van der Waals surface area contributed by atoms with E-state index >= 15 is 0 Å². The topological polar surface area (TPSA) is 35.5 Å². The SMILES string of the molecule is CC1CCCCC1N(C)CC(O)CNC(C)(C)C. The normalized spacial score (nSPS) is 27.5. The first-order chi connectivity index (χ1) is 8.29. The molecule has 3 atom stereocenters. The summed E-state index contributed by atoms with van der Waals surface area (Å²) >= 11 is 0. The quantitative estimate of drug-likeness (QED) is 0.792. The molecule has 1 fully saturated rings. The van der Waals surface area contributed by atoms with E-state index in [2.05, 4.69) is 45.0 Å². The minimum absolute atomic E-state index is 0.0810. The van der Waals surface area contributed by atoms with Crippen molar-refractivity contribution >= 4 is 0 Å². The maximum absolute atomic E-state index is 10.1. The van der Waals surface area contributed by atoms with Crippen LogP contribution in [-0.4, -0.2) is 47.8 Å². The van der Waals surface area contributed by atoms with Crippen molar-refractivity contribution in [2.45, 2.75) is 71.1 Å². The summed E-state index contributed by atoms with van der Waals surface area (Å²) in [6.45, 7) is 10.2. The van der Waals surface area contributed by atoms with Crippen molar-refractivity contribution in [3.8, 4) is 0 Å². The fourth-order valence-corrected chi connectivity index (χ4v) is 2.91. The predicted molar refractivity (Wildman–Crippen MR) is 77.8 cm³/mol. The Labute approximate surface area is 113 Å². The second-order valence-corrected chi connectivity index (χ2v) is 7.05. The Balaban J connectivity index is 2.32. The highest BCUT2D eigenvalue weighted by molar-refractivity contribution is 4.81. The molecule has 0 saturated heterocycles. The maximum Gasteiger partial charge on any atom is 0.0791 e. The van der Waals surface area contributed by atoms with E-state index in [1.807, 2.05) is 0 Å². The number of likely N-dealkylation sites (N-methyl/N-ethyl adjacent to an activating group) is 1. The monoisotopic (exact) mass is 256 g/mol. The van der Waals surface area contributed by atoms with E-state index in [1.54, 1.807) is 0 Å². The molecule has 0 amide bonds. The molecule has 1 rings (SSSR count). The molecule has 3 nitrogen and oxygen atoms in total. The zero-order chi connectivity index (χ0) is 13.8. The van der Waals surface area contributed by atoms with Gasteiger partial charge in [0, 0.05) is 24.7 Å². The molecular weight excluding hydrogens is 224 g/mol. The molecule has 1 aliphatic carbocycles. The molecule has 3 unspecified atom stereocenters. The lowest BCUT2D eigenvalue weighted by Crippen LogP contribution is -2.47. The van der Waals surface area contributed by atoms with E-state index in [4.69, 9.17) is 0 Å². The van der Waals surface area contributed by atoms with Gasteiger partial charge in [-0.3, -0.25) is 0 Å². The van der Waals surface area contributed by atoms with Crippen molar-refractivity contribution in [2.75, 3.05) is 20.1 Å². The van der Waals surface area contributed by atoms with E-state index in [-0.39, 0.29) is 11.6 Å². The van der Waals surface area contributed by atoms with Crippen molar-refractivity contribution in [3.63, 3.8) is 0 Å². The standard InChI is InChI=1S/C15H32N2O/c1-12-8-6-7-9-14(12)17(5)11-13(18)10-16-15(2,3)4/h12-14,16,18H,6-11H2,1-5H3. The van der Waals surface area contributed by atoms with Gasteiger partial charge in [-0.1, -0.05) is 19.8 Å². The summed E-state index contributed by atoms with van der Waals surface area (Å²) in [5.41, 5.74) is 0.0810. The van der Waals surface area contributed by atoms with Gasteiger partial charge in [0.2, 0.25) is 0 Å². The lowest BCUT2D eigenvalue weighted by Gasteiger charge is -2.37. The second kappa shape index (κ2) is 6.88. The Hall–Kier alpha value is -0.120. The molecule has 1 saturated carbocycles. The molecule has 0 aromatic heterocycles. The lowest BCUT2D eigenvalue weighted by molar-refractivity contribution is 0.0678. The first-order valence-electron chi connectivity index (χ1n) is 7.43. The second-order valence-electron chi connectivity index (χ2n) is 7.05. The van der Waals surface area contributed by atoms with Crippen molar-refractivity contribution in [2.24, 2.45) is 5.92 Å². The third kappa shape index (κ3) is 5.68. The van der Waals surface area contributed by atoms with Gasteiger partial charge in [0.05, 0.1) is 6.10 Å². The van der Waals surface area contributed by atoms with Gasteiger partial charge in [-0.15, -0.1) is 0 Å².